The first-order valence-corrected chi connectivity index (χ1v) is 8.68. The van der Waals surface area contributed by atoms with Crippen molar-refractivity contribution < 1.29 is 16.1 Å². The van der Waals surface area contributed by atoms with Gasteiger partial charge in [0, 0.05) is 31.9 Å². The average Bonchev–Trinajstić information content (AvgIpc) is 3.06. The first-order chi connectivity index (χ1) is 13.5. The molecule has 6 heteroatoms. The summed E-state index contributed by atoms with van der Waals surface area (Å²) in [5.41, 5.74) is 8.52. The van der Waals surface area contributed by atoms with Crippen molar-refractivity contribution in [2.45, 2.75) is 24.9 Å². The molecule has 3 aromatic rings. The Morgan fingerprint density at radius 2 is 1.85 bits per heavy atom. The van der Waals surface area contributed by atoms with E-state index >= 15 is 0 Å². The summed E-state index contributed by atoms with van der Waals surface area (Å²) in [5, 5.41) is 13.0. The van der Waals surface area contributed by atoms with Crippen LogP contribution in [0.3, 0.4) is 0 Å². The van der Waals surface area contributed by atoms with Gasteiger partial charge in [0.15, 0.2) is 0 Å². The fourth-order valence-corrected chi connectivity index (χ4v) is 3.14. The van der Waals surface area contributed by atoms with Gasteiger partial charge < -0.3 is 20.7 Å². The number of benzene rings is 2. The second-order valence-corrected chi connectivity index (χ2v) is 6.54. The standard InChI is InChI=1S/C21H23N3O3/c1-24-13-15(16-9-5-6-10-19(16)24)12-18(21(26)27)23-20(25)17(22)11-14-7-3-2-4-8-14/h2-10,13,17-18H,11-12,22H2,1H3,(H,23,25)(H,26,27)/t17-,18-/m0/s1/i1D. The number of rotatable bonds is 7. The van der Waals surface area contributed by atoms with Crippen LogP contribution >= 0.6 is 0 Å². The van der Waals surface area contributed by atoms with Gasteiger partial charge in [-0.1, -0.05) is 48.5 Å². The summed E-state index contributed by atoms with van der Waals surface area (Å²) in [6.07, 6.45) is 2.22. The molecule has 2 aromatic carbocycles. The Balaban J connectivity index is 1.74. The molecular weight excluding hydrogens is 342 g/mol. The number of nitrogens with one attached hydrogen (secondary N) is 1. The Bertz CT molecular complexity index is 971. The van der Waals surface area contributed by atoms with Crippen LogP contribution in [-0.4, -0.2) is 33.6 Å². The van der Waals surface area contributed by atoms with Gasteiger partial charge in [0.2, 0.25) is 5.91 Å². The highest BCUT2D eigenvalue weighted by Gasteiger charge is 2.25. The van der Waals surface area contributed by atoms with E-state index in [0.29, 0.717) is 6.42 Å². The number of carboxylic acids is 1. The van der Waals surface area contributed by atoms with Gasteiger partial charge in [0.25, 0.3) is 0 Å². The number of aryl methyl sites for hydroxylation is 1. The highest BCUT2D eigenvalue weighted by atomic mass is 16.4. The Kier molecular flexibility index (Phi) is 5.16. The van der Waals surface area contributed by atoms with Crippen molar-refractivity contribution in [1.82, 2.24) is 9.88 Å². The van der Waals surface area contributed by atoms with Crippen molar-refractivity contribution in [3.8, 4) is 0 Å². The van der Waals surface area contributed by atoms with Crippen LogP contribution in [0.4, 0.5) is 0 Å². The number of carbonyl (C=O) groups is 2. The van der Waals surface area contributed by atoms with Crippen LogP contribution in [0.15, 0.2) is 60.8 Å². The van der Waals surface area contributed by atoms with Crippen molar-refractivity contribution in [3.05, 3.63) is 71.9 Å². The lowest BCUT2D eigenvalue weighted by molar-refractivity contribution is -0.141. The van der Waals surface area contributed by atoms with E-state index in [1.165, 1.54) is 0 Å². The van der Waals surface area contributed by atoms with Crippen molar-refractivity contribution in [2.75, 3.05) is 0 Å². The molecule has 0 saturated heterocycles. The van der Waals surface area contributed by atoms with E-state index in [9.17, 15) is 14.7 Å². The van der Waals surface area contributed by atoms with E-state index < -0.39 is 24.0 Å². The Morgan fingerprint density at radius 3 is 2.56 bits per heavy atom. The maximum Gasteiger partial charge on any atom is 0.326 e. The molecule has 0 aliphatic carbocycles. The van der Waals surface area contributed by atoms with Gasteiger partial charge >= 0.3 is 5.97 Å². The van der Waals surface area contributed by atoms with E-state index in [1.807, 2.05) is 54.6 Å². The Morgan fingerprint density at radius 1 is 1.15 bits per heavy atom. The van der Waals surface area contributed by atoms with E-state index in [-0.39, 0.29) is 13.4 Å². The molecule has 0 spiro atoms. The lowest BCUT2D eigenvalue weighted by Gasteiger charge is -2.18. The number of aliphatic carboxylic acids is 1. The Hall–Kier alpha value is -3.12. The number of nitrogens with two attached hydrogens (primary N) is 1. The van der Waals surface area contributed by atoms with Gasteiger partial charge in [-0.3, -0.25) is 4.79 Å². The van der Waals surface area contributed by atoms with Crippen LogP contribution in [0.2, 0.25) is 0 Å². The van der Waals surface area contributed by atoms with E-state index in [2.05, 4.69) is 5.32 Å². The number of carboxylic acid groups (broad SMARTS) is 1. The molecule has 0 bridgehead atoms. The molecule has 1 aromatic heterocycles. The number of aromatic nitrogens is 1. The molecule has 0 aliphatic heterocycles. The van der Waals surface area contributed by atoms with Gasteiger partial charge in [0.05, 0.1) is 6.04 Å². The summed E-state index contributed by atoms with van der Waals surface area (Å²) in [5.74, 6) is -1.62. The van der Waals surface area contributed by atoms with Gasteiger partial charge in [-0.25, -0.2) is 4.79 Å². The summed E-state index contributed by atoms with van der Waals surface area (Å²) in [6.45, 7) is 0. The highest BCUT2D eigenvalue weighted by molar-refractivity contribution is 5.88. The normalized spacial score (nSPS) is 13.7. The molecule has 3 rings (SSSR count). The molecular formula is C21H23N3O3. The van der Waals surface area contributed by atoms with Crippen molar-refractivity contribution >= 4 is 22.8 Å². The lowest BCUT2D eigenvalue weighted by Crippen LogP contribution is -2.50. The maximum atomic E-state index is 12.4. The first-order valence-electron chi connectivity index (χ1n) is 9.39. The van der Waals surface area contributed by atoms with Gasteiger partial charge in [-0.15, -0.1) is 0 Å². The highest BCUT2D eigenvalue weighted by Crippen LogP contribution is 2.21. The number of nitrogens with zero attached hydrogens (tertiary/aromatic N) is 1. The fourth-order valence-electron chi connectivity index (χ4n) is 3.14. The van der Waals surface area contributed by atoms with Gasteiger partial charge in [-0.2, -0.15) is 0 Å². The minimum absolute atomic E-state index is 0.0343. The molecule has 1 amide bonds. The second-order valence-electron chi connectivity index (χ2n) is 6.54. The molecule has 2 atom stereocenters. The maximum absolute atomic E-state index is 12.4. The lowest BCUT2D eigenvalue weighted by atomic mass is 10.0. The van der Waals surface area contributed by atoms with Crippen LogP contribution in [0.25, 0.3) is 10.9 Å². The molecule has 140 valence electrons. The predicted octanol–water partition coefficient (Wildman–Crippen LogP) is 1.86. The van der Waals surface area contributed by atoms with Crippen LogP contribution in [0.5, 0.6) is 0 Å². The third-order valence-corrected chi connectivity index (χ3v) is 4.54. The van der Waals surface area contributed by atoms with Gasteiger partial charge in [-0.05, 0) is 23.6 Å². The zero-order valence-corrected chi connectivity index (χ0v) is 14.8. The zero-order chi connectivity index (χ0) is 20.1. The van der Waals surface area contributed by atoms with Gasteiger partial charge in [0.1, 0.15) is 6.04 Å². The van der Waals surface area contributed by atoms with Crippen LogP contribution in [0.1, 0.15) is 12.5 Å². The first kappa shape index (κ1) is 17.3. The summed E-state index contributed by atoms with van der Waals surface area (Å²) in [7, 11) is 0.0343. The molecule has 1 heterocycles. The number of hydrogen-bond donors (Lipinski definition) is 3. The van der Waals surface area contributed by atoms with Crippen molar-refractivity contribution in [2.24, 2.45) is 12.8 Å². The number of para-hydroxylation sites is 1. The third-order valence-electron chi connectivity index (χ3n) is 4.54. The second kappa shape index (κ2) is 8.05. The fraction of sp³-hybridized carbons (Fsp3) is 0.238. The summed E-state index contributed by atoms with van der Waals surface area (Å²) < 4.78 is 9.39. The van der Waals surface area contributed by atoms with Crippen molar-refractivity contribution in [3.63, 3.8) is 0 Å². The van der Waals surface area contributed by atoms with Crippen LogP contribution in [-0.2, 0) is 29.5 Å². The summed E-state index contributed by atoms with van der Waals surface area (Å²) >= 11 is 0. The number of hydrogen-bond acceptors (Lipinski definition) is 3. The number of fused-ring (bicyclic) bond motifs is 1. The molecule has 27 heavy (non-hydrogen) atoms. The molecule has 6 nitrogen and oxygen atoms in total. The molecule has 0 aliphatic rings. The van der Waals surface area contributed by atoms with Crippen molar-refractivity contribution in [1.29, 1.82) is 0 Å². The minimum atomic E-state index is -1.12. The number of amides is 1. The minimum Gasteiger partial charge on any atom is -0.480 e. The molecule has 0 unspecified atom stereocenters. The van der Waals surface area contributed by atoms with Crippen LogP contribution in [0, 0.1) is 0 Å². The van der Waals surface area contributed by atoms with E-state index in [4.69, 9.17) is 7.10 Å². The van der Waals surface area contributed by atoms with Crippen LogP contribution < -0.4 is 11.1 Å². The quantitative estimate of drug-likeness (QED) is 0.594. The topological polar surface area (TPSA) is 97.4 Å². The summed E-state index contributed by atoms with van der Waals surface area (Å²) in [6, 6.07) is 14.9. The Labute approximate surface area is 159 Å². The largest absolute Gasteiger partial charge is 0.480 e. The smallest absolute Gasteiger partial charge is 0.326 e. The predicted molar refractivity (Wildman–Crippen MR) is 104 cm³/mol. The summed E-state index contributed by atoms with van der Waals surface area (Å²) in [4.78, 5) is 24.2. The molecule has 4 N–H and O–H groups in total. The SMILES string of the molecule is [2H]Cn1cc(C[C@H](NC(=O)[C@@H](N)Cc2ccccc2)C(=O)O)c2ccccc21. The molecule has 0 fully saturated rings. The molecule has 0 radical (unpaired) electrons. The monoisotopic (exact) mass is 366 g/mol. The third kappa shape index (κ3) is 4.35. The van der Waals surface area contributed by atoms with E-state index in [1.54, 1.807) is 10.8 Å². The number of carbonyl (C=O) groups excluding carboxylic acids is 1. The average molecular weight is 366 g/mol. The zero-order valence-electron chi connectivity index (χ0n) is 15.8. The molecule has 0 saturated carbocycles. The van der Waals surface area contributed by atoms with E-state index in [0.717, 1.165) is 22.0 Å².